The highest BCUT2D eigenvalue weighted by Gasteiger charge is 2.23. The second-order valence-electron chi connectivity index (χ2n) is 7.68. The standard InChI is InChI=1S/C24H20ClN5O5S/c25-17-9-13(21(31)26-10-14-3-1-4-18-16(14)11-28-30-18)6-7-15(17)22(32)29-19(24(34)35)12-27-23(33)20-5-2-8-36-20/h1-9,11,19H,10,12H2,(H,26,31)(H,27,33)(H,28,30)(H,29,32)(H,34,35). The molecule has 184 valence electrons. The van der Waals surface area contributed by atoms with Gasteiger partial charge in [0.25, 0.3) is 17.7 Å². The lowest BCUT2D eigenvalue weighted by molar-refractivity contribution is -0.139. The van der Waals surface area contributed by atoms with Gasteiger partial charge in [-0.15, -0.1) is 11.3 Å². The van der Waals surface area contributed by atoms with Crippen molar-refractivity contribution in [1.82, 2.24) is 26.1 Å². The minimum Gasteiger partial charge on any atom is -0.480 e. The zero-order valence-corrected chi connectivity index (χ0v) is 20.2. The van der Waals surface area contributed by atoms with Gasteiger partial charge >= 0.3 is 5.97 Å². The number of fused-ring (bicyclic) bond motifs is 1. The Labute approximate surface area is 213 Å². The van der Waals surface area contributed by atoms with Gasteiger partial charge in [0.15, 0.2) is 0 Å². The molecule has 12 heteroatoms. The maximum Gasteiger partial charge on any atom is 0.328 e. The minimum atomic E-state index is -1.38. The Hall–Kier alpha value is -4.22. The molecule has 10 nitrogen and oxygen atoms in total. The lowest BCUT2D eigenvalue weighted by atomic mass is 10.1. The van der Waals surface area contributed by atoms with Crippen molar-refractivity contribution in [2.75, 3.05) is 6.54 Å². The highest BCUT2D eigenvalue weighted by molar-refractivity contribution is 7.12. The van der Waals surface area contributed by atoms with E-state index in [1.165, 1.54) is 29.5 Å². The number of aromatic nitrogens is 2. The van der Waals surface area contributed by atoms with Gasteiger partial charge in [-0.1, -0.05) is 29.8 Å². The normalized spacial score (nSPS) is 11.6. The smallest absolute Gasteiger partial charge is 0.328 e. The molecule has 0 spiro atoms. The summed E-state index contributed by atoms with van der Waals surface area (Å²) >= 11 is 7.45. The van der Waals surface area contributed by atoms with Gasteiger partial charge in [0.2, 0.25) is 0 Å². The third kappa shape index (κ3) is 5.70. The maximum atomic E-state index is 12.7. The average molecular weight is 526 g/mol. The molecule has 2 heterocycles. The van der Waals surface area contributed by atoms with Crippen LogP contribution in [0.4, 0.5) is 0 Å². The second-order valence-corrected chi connectivity index (χ2v) is 9.03. The van der Waals surface area contributed by atoms with Crippen LogP contribution in [0.2, 0.25) is 5.02 Å². The van der Waals surface area contributed by atoms with Crippen LogP contribution in [0.1, 0.15) is 36.0 Å². The molecule has 1 atom stereocenters. The number of carbonyl (C=O) groups is 4. The number of hydrogen-bond donors (Lipinski definition) is 5. The van der Waals surface area contributed by atoms with Crippen molar-refractivity contribution in [1.29, 1.82) is 0 Å². The molecule has 3 amide bonds. The van der Waals surface area contributed by atoms with E-state index in [2.05, 4.69) is 26.1 Å². The average Bonchev–Trinajstić information content (AvgIpc) is 3.57. The number of carboxylic acids is 1. The number of hydrogen-bond acceptors (Lipinski definition) is 6. The summed E-state index contributed by atoms with van der Waals surface area (Å²) in [6.07, 6.45) is 1.68. The van der Waals surface area contributed by atoms with E-state index in [1.54, 1.807) is 23.7 Å². The summed E-state index contributed by atoms with van der Waals surface area (Å²) in [4.78, 5) is 49.4. The van der Waals surface area contributed by atoms with Gasteiger partial charge in [-0.25, -0.2) is 4.79 Å². The maximum absolute atomic E-state index is 12.7. The lowest BCUT2D eigenvalue weighted by Gasteiger charge is -2.16. The summed E-state index contributed by atoms with van der Waals surface area (Å²) in [7, 11) is 0. The van der Waals surface area contributed by atoms with Gasteiger partial charge in [-0.2, -0.15) is 5.10 Å². The lowest BCUT2D eigenvalue weighted by Crippen LogP contribution is -2.48. The number of nitrogens with one attached hydrogen (secondary N) is 4. The van der Waals surface area contributed by atoms with E-state index in [0.717, 1.165) is 16.5 Å². The largest absolute Gasteiger partial charge is 0.480 e. The quantitative estimate of drug-likeness (QED) is 0.226. The molecule has 0 aliphatic rings. The van der Waals surface area contributed by atoms with Crippen LogP contribution < -0.4 is 16.0 Å². The van der Waals surface area contributed by atoms with Gasteiger partial charge in [0.05, 0.1) is 27.2 Å². The van der Waals surface area contributed by atoms with E-state index in [9.17, 15) is 24.3 Å². The Balaban J connectivity index is 1.37. The summed E-state index contributed by atoms with van der Waals surface area (Å²) in [5.41, 5.74) is 1.95. The number of carbonyl (C=O) groups excluding carboxylic acids is 3. The number of nitrogens with zero attached hydrogens (tertiary/aromatic N) is 1. The molecular weight excluding hydrogens is 506 g/mol. The monoisotopic (exact) mass is 525 g/mol. The van der Waals surface area contributed by atoms with Crippen molar-refractivity contribution in [2.24, 2.45) is 0 Å². The number of thiophene rings is 1. The van der Waals surface area contributed by atoms with Crippen molar-refractivity contribution < 1.29 is 24.3 Å². The summed E-state index contributed by atoms with van der Waals surface area (Å²) in [5.74, 6) is -2.92. The number of halogens is 1. The van der Waals surface area contributed by atoms with E-state index >= 15 is 0 Å². The molecular formula is C24H20ClN5O5S. The Morgan fingerprint density at radius 3 is 2.58 bits per heavy atom. The fourth-order valence-corrected chi connectivity index (χ4v) is 4.33. The van der Waals surface area contributed by atoms with Gasteiger partial charge in [-0.05, 0) is 41.3 Å². The molecule has 36 heavy (non-hydrogen) atoms. The van der Waals surface area contributed by atoms with Crippen LogP contribution in [0, 0.1) is 0 Å². The topological polar surface area (TPSA) is 153 Å². The van der Waals surface area contributed by atoms with Crippen LogP contribution in [-0.4, -0.2) is 51.6 Å². The molecule has 0 saturated heterocycles. The predicted molar refractivity (Wildman–Crippen MR) is 134 cm³/mol. The van der Waals surface area contributed by atoms with Gasteiger partial charge in [0.1, 0.15) is 6.04 Å². The summed E-state index contributed by atoms with van der Waals surface area (Å²) < 4.78 is 0. The number of rotatable bonds is 9. The van der Waals surface area contributed by atoms with Gasteiger partial charge in [0, 0.05) is 24.0 Å². The molecule has 0 fully saturated rings. The Morgan fingerprint density at radius 2 is 1.86 bits per heavy atom. The van der Waals surface area contributed by atoms with E-state index < -0.39 is 29.7 Å². The summed E-state index contributed by atoms with van der Waals surface area (Å²) in [5, 5.41) is 26.5. The minimum absolute atomic E-state index is 0.00721. The van der Waals surface area contributed by atoms with Crippen molar-refractivity contribution in [3.8, 4) is 0 Å². The van der Waals surface area contributed by atoms with E-state index in [1.807, 2.05) is 18.2 Å². The number of H-pyrrole nitrogens is 1. The molecule has 2 aromatic carbocycles. The number of amides is 3. The molecule has 0 saturated carbocycles. The Kier molecular flexibility index (Phi) is 7.62. The highest BCUT2D eigenvalue weighted by Crippen LogP contribution is 2.19. The summed E-state index contributed by atoms with van der Waals surface area (Å²) in [6, 6.07) is 11.6. The van der Waals surface area contributed by atoms with Crippen molar-refractivity contribution in [2.45, 2.75) is 12.6 Å². The second kappa shape index (κ2) is 11.0. The molecule has 0 aliphatic carbocycles. The third-order valence-corrected chi connectivity index (χ3v) is 6.49. The molecule has 5 N–H and O–H groups in total. The highest BCUT2D eigenvalue weighted by atomic mass is 35.5. The SMILES string of the molecule is O=C(NCc1cccc2[nH]ncc12)c1ccc(C(=O)NC(CNC(=O)c2cccs2)C(=O)O)c(Cl)c1. The van der Waals surface area contributed by atoms with Crippen LogP contribution >= 0.6 is 22.9 Å². The zero-order chi connectivity index (χ0) is 25.7. The molecule has 4 aromatic rings. The van der Waals surface area contributed by atoms with Crippen LogP contribution in [0.3, 0.4) is 0 Å². The van der Waals surface area contributed by atoms with E-state index in [-0.39, 0.29) is 29.2 Å². The number of benzene rings is 2. The Bertz CT molecular complexity index is 1440. The van der Waals surface area contributed by atoms with Gasteiger partial charge < -0.3 is 21.1 Å². The molecule has 0 radical (unpaired) electrons. The fraction of sp³-hybridized carbons (Fsp3) is 0.125. The first-order valence-electron chi connectivity index (χ1n) is 10.7. The van der Waals surface area contributed by atoms with Crippen molar-refractivity contribution >= 4 is 57.5 Å². The fourth-order valence-electron chi connectivity index (χ4n) is 3.43. The number of aliphatic carboxylic acids is 1. The molecule has 1 unspecified atom stereocenters. The third-order valence-electron chi connectivity index (χ3n) is 5.31. The molecule has 0 bridgehead atoms. The van der Waals surface area contributed by atoms with Crippen LogP contribution in [0.5, 0.6) is 0 Å². The van der Waals surface area contributed by atoms with Crippen molar-refractivity contribution in [3.05, 3.63) is 86.7 Å². The summed E-state index contributed by atoms with van der Waals surface area (Å²) in [6.45, 7) is -0.0631. The Morgan fingerprint density at radius 1 is 1.03 bits per heavy atom. The zero-order valence-electron chi connectivity index (χ0n) is 18.6. The van der Waals surface area contributed by atoms with Crippen LogP contribution in [0.15, 0.2) is 60.1 Å². The molecule has 2 aromatic heterocycles. The van der Waals surface area contributed by atoms with Crippen LogP contribution in [0.25, 0.3) is 10.9 Å². The number of aromatic amines is 1. The first-order valence-corrected chi connectivity index (χ1v) is 11.9. The number of carboxylic acid groups (broad SMARTS) is 1. The predicted octanol–water partition coefficient (Wildman–Crippen LogP) is 2.82. The van der Waals surface area contributed by atoms with E-state index in [0.29, 0.717) is 4.88 Å². The first kappa shape index (κ1) is 24.9. The van der Waals surface area contributed by atoms with Crippen molar-refractivity contribution in [3.63, 3.8) is 0 Å². The van der Waals surface area contributed by atoms with Crippen LogP contribution in [-0.2, 0) is 11.3 Å². The molecule has 0 aliphatic heterocycles. The first-order chi connectivity index (χ1) is 17.3. The van der Waals surface area contributed by atoms with E-state index in [4.69, 9.17) is 11.6 Å². The van der Waals surface area contributed by atoms with Gasteiger partial charge in [-0.3, -0.25) is 19.5 Å². The molecule has 4 rings (SSSR count).